The second-order valence-corrected chi connectivity index (χ2v) is 10.3. The summed E-state index contributed by atoms with van der Waals surface area (Å²) in [5.41, 5.74) is 4.15. The lowest BCUT2D eigenvalue weighted by Crippen LogP contribution is -2.49. The molecular formula is C31H42FN5O5. The number of piperazine rings is 1. The zero-order valence-electron chi connectivity index (χ0n) is 25.2. The van der Waals surface area contributed by atoms with E-state index in [0.717, 1.165) is 29.9 Å². The van der Waals surface area contributed by atoms with Crippen molar-refractivity contribution in [3.8, 4) is 0 Å². The Morgan fingerprint density at radius 1 is 1.12 bits per heavy atom. The van der Waals surface area contributed by atoms with Crippen LogP contribution in [0.5, 0.6) is 0 Å². The summed E-state index contributed by atoms with van der Waals surface area (Å²) in [7, 11) is 1.63. The third-order valence-electron chi connectivity index (χ3n) is 7.01. The third-order valence-corrected chi connectivity index (χ3v) is 7.01. The van der Waals surface area contributed by atoms with Crippen molar-refractivity contribution in [1.82, 2.24) is 19.7 Å². The minimum absolute atomic E-state index is 0.103. The quantitative estimate of drug-likeness (QED) is 0.351. The SMILES string of the molecule is CCC(F)CN(C)C(=O)Cc1ccc2nc(Nc3ccccc3C)oc2c1.CCOC(=O)CN1CCN(C(C)=O)CC1. The van der Waals surface area contributed by atoms with E-state index in [1.165, 1.54) is 4.90 Å². The van der Waals surface area contributed by atoms with Gasteiger partial charge in [-0.15, -0.1) is 0 Å². The summed E-state index contributed by atoms with van der Waals surface area (Å²) in [6.45, 7) is 10.9. The lowest BCUT2D eigenvalue weighted by Gasteiger charge is -2.33. The first-order valence-corrected chi connectivity index (χ1v) is 14.3. The number of alkyl halides is 1. The molecule has 1 aliphatic heterocycles. The summed E-state index contributed by atoms with van der Waals surface area (Å²) in [5, 5.41) is 3.17. The highest BCUT2D eigenvalue weighted by molar-refractivity contribution is 5.81. The van der Waals surface area contributed by atoms with Gasteiger partial charge in [-0.2, -0.15) is 4.98 Å². The van der Waals surface area contributed by atoms with Crippen molar-refractivity contribution in [1.29, 1.82) is 0 Å². The monoisotopic (exact) mass is 583 g/mol. The average Bonchev–Trinajstić information content (AvgIpc) is 3.36. The van der Waals surface area contributed by atoms with Gasteiger partial charge in [0.15, 0.2) is 5.58 Å². The van der Waals surface area contributed by atoms with Gasteiger partial charge in [0.25, 0.3) is 6.01 Å². The molecule has 4 rings (SSSR count). The molecule has 1 aliphatic rings. The molecule has 0 bridgehead atoms. The molecule has 11 heteroatoms. The van der Waals surface area contributed by atoms with Crippen molar-refractivity contribution in [3.05, 3.63) is 53.6 Å². The van der Waals surface area contributed by atoms with E-state index < -0.39 is 6.17 Å². The van der Waals surface area contributed by atoms with E-state index in [4.69, 9.17) is 9.15 Å². The summed E-state index contributed by atoms with van der Waals surface area (Å²) in [5.74, 6) is -0.206. The Morgan fingerprint density at radius 2 is 1.83 bits per heavy atom. The minimum atomic E-state index is -0.995. The van der Waals surface area contributed by atoms with Gasteiger partial charge in [0.1, 0.15) is 11.7 Å². The Bertz CT molecular complexity index is 1340. The van der Waals surface area contributed by atoms with Crippen LogP contribution in [0.2, 0.25) is 0 Å². The molecular weight excluding hydrogens is 541 g/mol. The zero-order valence-corrected chi connectivity index (χ0v) is 25.2. The lowest BCUT2D eigenvalue weighted by molar-refractivity contribution is -0.145. The second-order valence-electron chi connectivity index (χ2n) is 10.3. The summed E-state index contributed by atoms with van der Waals surface area (Å²) >= 11 is 0. The number of hydrogen-bond acceptors (Lipinski definition) is 8. The Kier molecular flexibility index (Phi) is 12.3. The van der Waals surface area contributed by atoms with Crippen molar-refractivity contribution >= 4 is 40.6 Å². The molecule has 228 valence electrons. The predicted molar refractivity (Wildman–Crippen MR) is 160 cm³/mol. The summed E-state index contributed by atoms with van der Waals surface area (Å²) in [6.07, 6.45) is -0.395. The molecule has 1 saturated heterocycles. The highest BCUT2D eigenvalue weighted by Crippen LogP contribution is 2.25. The van der Waals surface area contributed by atoms with Gasteiger partial charge >= 0.3 is 5.97 Å². The van der Waals surface area contributed by atoms with Gasteiger partial charge in [0.05, 0.1) is 26.1 Å². The first-order chi connectivity index (χ1) is 20.1. The molecule has 1 unspecified atom stereocenters. The maximum Gasteiger partial charge on any atom is 0.320 e. The number of aryl methyl sites for hydroxylation is 1. The van der Waals surface area contributed by atoms with E-state index in [1.54, 1.807) is 32.7 Å². The van der Waals surface area contributed by atoms with Gasteiger partial charge < -0.3 is 24.3 Å². The molecule has 0 aliphatic carbocycles. The maximum absolute atomic E-state index is 13.5. The molecule has 0 saturated carbocycles. The predicted octanol–water partition coefficient (Wildman–Crippen LogP) is 4.34. The molecule has 10 nitrogen and oxygen atoms in total. The lowest BCUT2D eigenvalue weighted by atomic mass is 10.1. The van der Waals surface area contributed by atoms with Gasteiger partial charge in [-0.05, 0) is 49.6 Å². The number of carbonyl (C=O) groups excluding carboxylic acids is 3. The van der Waals surface area contributed by atoms with E-state index >= 15 is 0 Å². The Balaban J connectivity index is 0.000000274. The molecule has 2 aromatic carbocycles. The standard InChI is InChI=1S/C21H24FN3O2.C10H18N2O3/c1-4-16(22)13-25(3)20(26)12-15-9-10-18-19(11-15)27-21(24-18)23-17-8-6-5-7-14(17)2;1-3-15-10(14)8-11-4-6-12(7-5-11)9(2)13/h5-11,16H,4,12-13H2,1-3H3,(H,23,24);3-8H2,1-2H3. The van der Waals surface area contributed by atoms with E-state index in [2.05, 4.69) is 10.3 Å². The maximum atomic E-state index is 13.5. The fourth-order valence-electron chi connectivity index (χ4n) is 4.41. The van der Waals surface area contributed by atoms with Crippen LogP contribution in [-0.2, 0) is 25.5 Å². The molecule has 42 heavy (non-hydrogen) atoms. The number of ether oxygens (including phenoxy) is 1. The van der Waals surface area contributed by atoms with E-state index in [0.29, 0.717) is 49.8 Å². The largest absolute Gasteiger partial charge is 0.465 e. The number of nitrogens with zero attached hydrogens (tertiary/aromatic N) is 4. The number of likely N-dealkylation sites (N-methyl/N-ethyl adjacent to an activating group) is 1. The van der Waals surface area contributed by atoms with Gasteiger partial charge in [0.2, 0.25) is 11.8 Å². The van der Waals surface area contributed by atoms with Crippen molar-refractivity contribution < 1.29 is 27.9 Å². The number of halogens is 1. The van der Waals surface area contributed by atoms with Gasteiger partial charge in [0, 0.05) is 45.8 Å². The smallest absolute Gasteiger partial charge is 0.320 e. The first-order valence-electron chi connectivity index (χ1n) is 14.3. The van der Waals surface area contributed by atoms with Crippen LogP contribution in [-0.4, -0.2) is 96.6 Å². The minimum Gasteiger partial charge on any atom is -0.465 e. The fourth-order valence-corrected chi connectivity index (χ4v) is 4.41. The number of amides is 2. The van der Waals surface area contributed by atoms with Gasteiger partial charge in [-0.3, -0.25) is 19.3 Å². The number of rotatable bonds is 10. The molecule has 3 aromatic rings. The van der Waals surface area contributed by atoms with E-state index in [9.17, 15) is 18.8 Å². The van der Waals surface area contributed by atoms with E-state index in [-0.39, 0.29) is 30.7 Å². The average molecular weight is 584 g/mol. The number of esters is 1. The van der Waals surface area contributed by atoms with Crippen LogP contribution in [0.4, 0.5) is 16.1 Å². The van der Waals surface area contributed by atoms with Crippen molar-refractivity contribution in [2.45, 2.75) is 46.7 Å². The molecule has 0 radical (unpaired) electrons. The number of para-hydroxylation sites is 1. The van der Waals surface area contributed by atoms with Crippen LogP contribution in [0.15, 0.2) is 46.9 Å². The number of anilines is 2. The second kappa shape index (κ2) is 15.9. The first kappa shape index (κ1) is 32.5. The zero-order chi connectivity index (χ0) is 30.6. The molecule has 1 aromatic heterocycles. The molecule has 2 heterocycles. The number of oxazole rings is 1. The Labute approximate surface area is 246 Å². The fraction of sp³-hybridized carbons (Fsp3) is 0.484. The third kappa shape index (κ3) is 9.83. The topological polar surface area (TPSA) is 108 Å². The van der Waals surface area contributed by atoms with Crippen molar-refractivity contribution in [3.63, 3.8) is 0 Å². The van der Waals surface area contributed by atoms with E-state index in [1.807, 2.05) is 54.3 Å². The number of benzene rings is 2. The number of aromatic nitrogens is 1. The van der Waals surface area contributed by atoms with Gasteiger partial charge in [-0.1, -0.05) is 31.2 Å². The summed E-state index contributed by atoms with van der Waals surface area (Å²) in [4.78, 5) is 44.2. The van der Waals surface area contributed by atoms with Crippen molar-refractivity contribution in [2.24, 2.45) is 0 Å². The van der Waals surface area contributed by atoms with Crippen LogP contribution in [0, 0.1) is 6.92 Å². The Hall–Kier alpha value is -3.99. The highest BCUT2D eigenvalue weighted by Gasteiger charge is 2.20. The Morgan fingerprint density at radius 3 is 2.48 bits per heavy atom. The normalized spacial score (nSPS) is 14.1. The molecule has 1 atom stereocenters. The summed E-state index contributed by atoms with van der Waals surface area (Å²) in [6, 6.07) is 13.8. The molecule has 0 spiro atoms. The number of hydrogen-bond donors (Lipinski definition) is 1. The number of fused-ring (bicyclic) bond motifs is 1. The van der Waals surface area contributed by atoms with Crippen LogP contribution in [0.25, 0.3) is 11.1 Å². The van der Waals surface area contributed by atoms with Gasteiger partial charge in [-0.25, -0.2) is 4.39 Å². The highest BCUT2D eigenvalue weighted by atomic mass is 19.1. The van der Waals surface area contributed by atoms with Crippen LogP contribution in [0.1, 0.15) is 38.3 Å². The van der Waals surface area contributed by atoms with Crippen LogP contribution in [0.3, 0.4) is 0 Å². The number of carbonyl (C=O) groups is 3. The van der Waals surface area contributed by atoms with Crippen LogP contribution >= 0.6 is 0 Å². The molecule has 1 fully saturated rings. The molecule has 2 amide bonds. The molecule has 1 N–H and O–H groups in total. The van der Waals surface area contributed by atoms with Crippen molar-refractivity contribution in [2.75, 3.05) is 58.2 Å². The van der Waals surface area contributed by atoms with Crippen LogP contribution < -0.4 is 5.32 Å². The number of nitrogens with one attached hydrogen (secondary N) is 1. The summed E-state index contributed by atoms with van der Waals surface area (Å²) < 4.78 is 24.1.